The normalized spacial score (nSPS) is 26.4. The summed E-state index contributed by atoms with van der Waals surface area (Å²) < 4.78 is 10.5. The van der Waals surface area contributed by atoms with Crippen molar-refractivity contribution in [1.29, 1.82) is 0 Å². The SMILES string of the molecule is O=C(O)C1NCCC1CC/C=C/P(=O)(O)O. The van der Waals surface area contributed by atoms with Crippen molar-refractivity contribution in [2.24, 2.45) is 5.92 Å². The van der Waals surface area contributed by atoms with Gasteiger partial charge in [0, 0.05) is 5.82 Å². The number of hydrogen-bond acceptors (Lipinski definition) is 3. The van der Waals surface area contributed by atoms with E-state index in [4.69, 9.17) is 14.9 Å². The van der Waals surface area contributed by atoms with E-state index in [1.807, 2.05) is 0 Å². The van der Waals surface area contributed by atoms with Crippen LogP contribution in [-0.2, 0) is 9.36 Å². The predicted molar refractivity (Wildman–Crippen MR) is 58.0 cm³/mol. The molecule has 0 bridgehead atoms. The first kappa shape index (κ1) is 13.4. The summed E-state index contributed by atoms with van der Waals surface area (Å²) in [4.78, 5) is 27.9. The van der Waals surface area contributed by atoms with Gasteiger partial charge in [-0.15, -0.1) is 0 Å². The van der Waals surface area contributed by atoms with Gasteiger partial charge >= 0.3 is 13.6 Å². The van der Waals surface area contributed by atoms with Gasteiger partial charge in [-0.2, -0.15) is 0 Å². The van der Waals surface area contributed by atoms with Gasteiger partial charge in [0.15, 0.2) is 0 Å². The predicted octanol–water partition coefficient (Wildman–Crippen LogP) is 0.521. The van der Waals surface area contributed by atoms with Crippen molar-refractivity contribution in [3.05, 3.63) is 11.9 Å². The third-order valence-electron chi connectivity index (χ3n) is 2.62. The van der Waals surface area contributed by atoms with Crippen LogP contribution >= 0.6 is 7.60 Å². The lowest BCUT2D eigenvalue weighted by molar-refractivity contribution is -0.140. The van der Waals surface area contributed by atoms with Crippen molar-refractivity contribution in [3.8, 4) is 0 Å². The van der Waals surface area contributed by atoms with Gasteiger partial charge in [-0.05, 0) is 31.7 Å². The Morgan fingerprint density at radius 3 is 2.75 bits per heavy atom. The molecule has 0 aromatic heterocycles. The number of nitrogens with one attached hydrogen (secondary N) is 1. The van der Waals surface area contributed by atoms with Crippen LogP contribution in [-0.4, -0.2) is 33.4 Å². The van der Waals surface area contributed by atoms with E-state index in [0.717, 1.165) is 12.2 Å². The molecule has 0 aromatic carbocycles. The van der Waals surface area contributed by atoms with Crippen LogP contribution in [0, 0.1) is 5.92 Å². The minimum atomic E-state index is -4.07. The maximum atomic E-state index is 10.8. The fourth-order valence-electron chi connectivity index (χ4n) is 1.88. The fraction of sp³-hybridized carbons (Fsp3) is 0.667. The van der Waals surface area contributed by atoms with Crippen LogP contribution in [0.4, 0.5) is 0 Å². The maximum absolute atomic E-state index is 10.8. The molecule has 0 radical (unpaired) electrons. The number of carboxylic acids is 1. The molecule has 2 unspecified atom stereocenters. The third kappa shape index (κ3) is 4.45. The van der Waals surface area contributed by atoms with E-state index >= 15 is 0 Å². The molecule has 1 rings (SSSR count). The number of hydrogen-bond donors (Lipinski definition) is 4. The van der Waals surface area contributed by atoms with Crippen LogP contribution in [0.25, 0.3) is 0 Å². The Labute approximate surface area is 93.5 Å². The van der Waals surface area contributed by atoms with Crippen molar-refractivity contribution in [2.45, 2.75) is 25.3 Å². The standard InChI is InChI=1S/C9H16NO5P/c11-9(12)8-7(4-5-10-8)3-1-2-6-16(13,14)15/h2,6-8,10H,1,3-5H2,(H,11,12)(H2,13,14,15)/b6-2+. The van der Waals surface area contributed by atoms with Crippen LogP contribution < -0.4 is 5.32 Å². The monoisotopic (exact) mass is 249 g/mol. The molecular weight excluding hydrogens is 233 g/mol. The second-order valence-electron chi connectivity index (χ2n) is 3.87. The van der Waals surface area contributed by atoms with E-state index in [9.17, 15) is 9.36 Å². The zero-order valence-electron chi connectivity index (χ0n) is 8.74. The lowest BCUT2D eigenvalue weighted by Gasteiger charge is -2.13. The van der Waals surface area contributed by atoms with Gasteiger partial charge in [-0.25, -0.2) is 0 Å². The molecule has 6 nitrogen and oxygen atoms in total. The fourth-order valence-corrected chi connectivity index (χ4v) is 2.30. The second kappa shape index (κ2) is 5.59. The molecule has 7 heteroatoms. The Kier molecular flexibility index (Phi) is 4.68. The number of carboxylic acid groups (broad SMARTS) is 1. The Bertz CT molecular complexity index is 324. The van der Waals surface area contributed by atoms with E-state index in [0.29, 0.717) is 19.4 Å². The van der Waals surface area contributed by atoms with Crippen molar-refractivity contribution < 1.29 is 24.3 Å². The summed E-state index contributed by atoms with van der Waals surface area (Å²) in [5.74, 6) is 0.0471. The smallest absolute Gasteiger partial charge is 0.348 e. The van der Waals surface area contributed by atoms with Crippen molar-refractivity contribution in [1.82, 2.24) is 5.32 Å². The molecule has 2 atom stereocenters. The maximum Gasteiger partial charge on any atom is 0.348 e. The zero-order valence-corrected chi connectivity index (χ0v) is 9.64. The molecule has 1 aliphatic heterocycles. The van der Waals surface area contributed by atoms with Gasteiger partial charge in [0.1, 0.15) is 6.04 Å². The molecule has 92 valence electrons. The quantitative estimate of drug-likeness (QED) is 0.529. The van der Waals surface area contributed by atoms with Gasteiger partial charge in [-0.1, -0.05) is 6.08 Å². The minimum Gasteiger partial charge on any atom is -0.480 e. The van der Waals surface area contributed by atoms with E-state index < -0.39 is 19.6 Å². The molecule has 0 spiro atoms. The van der Waals surface area contributed by atoms with Crippen molar-refractivity contribution in [2.75, 3.05) is 6.54 Å². The molecule has 1 heterocycles. The molecule has 1 aliphatic rings. The molecular formula is C9H16NO5P. The summed E-state index contributed by atoms with van der Waals surface area (Å²) in [6.45, 7) is 0.684. The Hall–Kier alpha value is -0.680. The van der Waals surface area contributed by atoms with Crippen molar-refractivity contribution in [3.63, 3.8) is 0 Å². The second-order valence-corrected chi connectivity index (χ2v) is 5.35. The summed E-state index contributed by atoms with van der Waals surface area (Å²) in [5.41, 5.74) is 0. The topological polar surface area (TPSA) is 107 Å². The van der Waals surface area contributed by atoms with Crippen LogP contribution in [0.2, 0.25) is 0 Å². The first-order valence-corrected chi connectivity index (χ1v) is 6.77. The van der Waals surface area contributed by atoms with Gasteiger partial charge in [0.05, 0.1) is 0 Å². The number of rotatable bonds is 5. The largest absolute Gasteiger partial charge is 0.480 e. The summed E-state index contributed by atoms with van der Waals surface area (Å²) in [6, 6.07) is -0.525. The Morgan fingerprint density at radius 2 is 2.19 bits per heavy atom. The molecule has 0 amide bonds. The average Bonchev–Trinajstić information content (AvgIpc) is 2.58. The minimum absolute atomic E-state index is 0.0407. The van der Waals surface area contributed by atoms with Gasteiger partial charge < -0.3 is 20.2 Å². The van der Waals surface area contributed by atoms with Gasteiger partial charge in [0.25, 0.3) is 0 Å². The van der Waals surface area contributed by atoms with Gasteiger partial charge in [0.2, 0.25) is 0 Å². The lowest BCUT2D eigenvalue weighted by Crippen LogP contribution is -2.35. The third-order valence-corrected chi connectivity index (χ3v) is 3.22. The first-order chi connectivity index (χ1) is 7.40. The molecule has 0 saturated carbocycles. The molecule has 1 fully saturated rings. The highest BCUT2D eigenvalue weighted by atomic mass is 31.2. The molecule has 0 aromatic rings. The number of carbonyl (C=O) groups is 1. The zero-order chi connectivity index (χ0) is 12.2. The van der Waals surface area contributed by atoms with E-state index in [-0.39, 0.29) is 5.92 Å². The summed E-state index contributed by atoms with van der Waals surface area (Å²) in [5, 5.41) is 11.8. The molecule has 1 saturated heterocycles. The lowest BCUT2D eigenvalue weighted by atomic mass is 9.95. The van der Waals surface area contributed by atoms with E-state index in [2.05, 4.69) is 5.32 Å². The van der Waals surface area contributed by atoms with Crippen LogP contribution in [0.3, 0.4) is 0 Å². The molecule has 16 heavy (non-hydrogen) atoms. The van der Waals surface area contributed by atoms with Crippen LogP contribution in [0.15, 0.2) is 11.9 Å². The van der Waals surface area contributed by atoms with E-state index in [1.54, 1.807) is 0 Å². The van der Waals surface area contributed by atoms with Gasteiger partial charge in [-0.3, -0.25) is 9.36 Å². The van der Waals surface area contributed by atoms with Crippen LogP contribution in [0.5, 0.6) is 0 Å². The highest BCUT2D eigenvalue weighted by molar-refractivity contribution is 7.55. The average molecular weight is 249 g/mol. The highest BCUT2D eigenvalue weighted by Crippen LogP contribution is 2.36. The number of aliphatic carboxylic acids is 1. The Balaban J connectivity index is 2.35. The summed E-state index contributed by atoms with van der Waals surface area (Å²) >= 11 is 0. The first-order valence-electron chi connectivity index (χ1n) is 5.09. The van der Waals surface area contributed by atoms with Crippen LogP contribution in [0.1, 0.15) is 19.3 Å². The van der Waals surface area contributed by atoms with E-state index in [1.165, 1.54) is 6.08 Å². The number of allylic oxidation sites excluding steroid dienone is 1. The summed E-state index contributed by atoms with van der Waals surface area (Å²) in [7, 11) is -4.07. The molecule has 4 N–H and O–H groups in total. The Morgan fingerprint density at radius 1 is 1.50 bits per heavy atom. The highest BCUT2D eigenvalue weighted by Gasteiger charge is 2.31. The summed E-state index contributed by atoms with van der Waals surface area (Å²) in [6.07, 6.45) is 3.32. The molecule has 0 aliphatic carbocycles. The van der Waals surface area contributed by atoms with Crippen molar-refractivity contribution >= 4 is 13.6 Å².